The number of nitrogens with one attached hydrogen (secondary N) is 1. The van der Waals surface area contributed by atoms with Crippen LogP contribution in [-0.2, 0) is 6.54 Å². The molecular formula is C13H18N2O2. The summed E-state index contributed by atoms with van der Waals surface area (Å²) in [7, 11) is 0. The highest BCUT2D eigenvalue weighted by molar-refractivity contribution is 5.34. The second-order valence-electron chi connectivity index (χ2n) is 4.64. The fourth-order valence-electron chi connectivity index (χ4n) is 2.35. The maximum atomic E-state index is 10.6. The molecule has 4 nitrogen and oxygen atoms in total. The van der Waals surface area contributed by atoms with Gasteiger partial charge >= 0.3 is 0 Å². The summed E-state index contributed by atoms with van der Waals surface area (Å²) in [5.74, 6) is 0. The van der Waals surface area contributed by atoms with Gasteiger partial charge < -0.3 is 5.32 Å². The second-order valence-corrected chi connectivity index (χ2v) is 4.64. The first-order chi connectivity index (χ1) is 8.25. The molecule has 2 rings (SSSR count). The first kappa shape index (κ1) is 12.0. The smallest absolute Gasteiger partial charge is 0.269 e. The Morgan fingerprint density at radius 2 is 2.06 bits per heavy atom. The van der Waals surface area contributed by atoms with Gasteiger partial charge in [0.1, 0.15) is 0 Å². The fraction of sp³-hybridized carbons (Fsp3) is 0.538. The lowest BCUT2D eigenvalue weighted by Crippen LogP contribution is -2.30. The minimum Gasteiger partial charge on any atom is -0.310 e. The number of nitrogens with zero attached hydrogens (tertiary/aromatic N) is 1. The maximum Gasteiger partial charge on any atom is 0.269 e. The molecule has 0 aromatic heterocycles. The molecule has 0 radical (unpaired) electrons. The van der Waals surface area contributed by atoms with Crippen LogP contribution in [0, 0.1) is 10.1 Å². The monoisotopic (exact) mass is 234 g/mol. The molecule has 1 aliphatic carbocycles. The molecule has 0 saturated heterocycles. The van der Waals surface area contributed by atoms with E-state index >= 15 is 0 Å². The van der Waals surface area contributed by atoms with E-state index in [0.29, 0.717) is 6.04 Å². The molecule has 1 saturated carbocycles. The van der Waals surface area contributed by atoms with Crippen LogP contribution in [0.2, 0.25) is 0 Å². The van der Waals surface area contributed by atoms with Gasteiger partial charge in [0, 0.05) is 24.7 Å². The SMILES string of the molecule is O=[N+]([O-])c1cccc(CNC2CCCCC2)c1. The highest BCUT2D eigenvalue weighted by Crippen LogP contribution is 2.18. The van der Waals surface area contributed by atoms with Crippen LogP contribution in [0.4, 0.5) is 5.69 Å². The van der Waals surface area contributed by atoms with Gasteiger partial charge in [-0.15, -0.1) is 0 Å². The summed E-state index contributed by atoms with van der Waals surface area (Å²) in [6.07, 6.45) is 6.40. The fourth-order valence-corrected chi connectivity index (χ4v) is 2.35. The Kier molecular flexibility index (Phi) is 4.09. The predicted molar refractivity (Wildman–Crippen MR) is 66.8 cm³/mol. The maximum absolute atomic E-state index is 10.6. The number of benzene rings is 1. The van der Waals surface area contributed by atoms with Crippen molar-refractivity contribution in [2.45, 2.75) is 44.7 Å². The molecule has 0 spiro atoms. The molecule has 17 heavy (non-hydrogen) atoms. The lowest BCUT2D eigenvalue weighted by atomic mass is 9.95. The third-order valence-electron chi connectivity index (χ3n) is 3.32. The van der Waals surface area contributed by atoms with Crippen molar-refractivity contribution in [3.8, 4) is 0 Å². The van der Waals surface area contributed by atoms with Crippen molar-refractivity contribution >= 4 is 5.69 Å². The Bertz CT molecular complexity index is 387. The van der Waals surface area contributed by atoms with E-state index in [1.165, 1.54) is 38.2 Å². The zero-order valence-electron chi connectivity index (χ0n) is 9.89. The van der Waals surface area contributed by atoms with Gasteiger partial charge in [-0.25, -0.2) is 0 Å². The molecule has 1 N–H and O–H groups in total. The van der Waals surface area contributed by atoms with Crippen LogP contribution >= 0.6 is 0 Å². The Labute approximate surface area is 101 Å². The van der Waals surface area contributed by atoms with Crippen LogP contribution in [-0.4, -0.2) is 11.0 Å². The highest BCUT2D eigenvalue weighted by atomic mass is 16.6. The van der Waals surface area contributed by atoms with Gasteiger partial charge in [0.2, 0.25) is 0 Å². The molecule has 1 aliphatic rings. The van der Waals surface area contributed by atoms with E-state index in [1.807, 2.05) is 6.07 Å². The topological polar surface area (TPSA) is 55.2 Å². The standard InChI is InChI=1S/C13H18N2O2/c16-15(17)13-8-4-5-11(9-13)10-14-12-6-2-1-3-7-12/h4-5,8-9,12,14H,1-3,6-7,10H2. The largest absolute Gasteiger partial charge is 0.310 e. The van der Waals surface area contributed by atoms with E-state index in [-0.39, 0.29) is 10.6 Å². The summed E-state index contributed by atoms with van der Waals surface area (Å²) in [6.45, 7) is 0.729. The molecule has 1 aromatic carbocycles. The van der Waals surface area contributed by atoms with Crippen LogP contribution in [0.3, 0.4) is 0 Å². The molecule has 0 bridgehead atoms. The number of hydrogen-bond donors (Lipinski definition) is 1. The van der Waals surface area contributed by atoms with Crippen molar-refractivity contribution in [2.75, 3.05) is 0 Å². The average Bonchev–Trinajstić information content (AvgIpc) is 2.38. The molecule has 0 heterocycles. The van der Waals surface area contributed by atoms with Crippen LogP contribution in [0.25, 0.3) is 0 Å². The molecule has 0 atom stereocenters. The number of hydrogen-bond acceptors (Lipinski definition) is 3. The van der Waals surface area contributed by atoms with Gasteiger partial charge in [0.25, 0.3) is 5.69 Å². The molecule has 0 aliphatic heterocycles. The van der Waals surface area contributed by atoms with Crippen molar-refractivity contribution in [2.24, 2.45) is 0 Å². The summed E-state index contributed by atoms with van der Waals surface area (Å²) < 4.78 is 0. The number of nitro groups is 1. The van der Waals surface area contributed by atoms with E-state index in [9.17, 15) is 10.1 Å². The van der Waals surface area contributed by atoms with Crippen LogP contribution in [0.1, 0.15) is 37.7 Å². The second kappa shape index (κ2) is 5.77. The molecule has 0 amide bonds. The van der Waals surface area contributed by atoms with E-state index in [2.05, 4.69) is 5.32 Å². The van der Waals surface area contributed by atoms with E-state index in [4.69, 9.17) is 0 Å². The van der Waals surface area contributed by atoms with Crippen LogP contribution in [0.5, 0.6) is 0 Å². The van der Waals surface area contributed by atoms with Crippen molar-refractivity contribution in [1.82, 2.24) is 5.32 Å². The van der Waals surface area contributed by atoms with E-state index < -0.39 is 0 Å². The summed E-state index contributed by atoms with van der Waals surface area (Å²) >= 11 is 0. The van der Waals surface area contributed by atoms with Crippen LogP contribution < -0.4 is 5.32 Å². The summed E-state index contributed by atoms with van der Waals surface area (Å²) in [6, 6.07) is 7.45. The Morgan fingerprint density at radius 3 is 2.76 bits per heavy atom. The van der Waals surface area contributed by atoms with Gasteiger partial charge in [0.05, 0.1) is 4.92 Å². The van der Waals surface area contributed by atoms with Crippen molar-refractivity contribution in [3.63, 3.8) is 0 Å². The minimum absolute atomic E-state index is 0.174. The molecule has 1 aromatic rings. The summed E-state index contributed by atoms with van der Waals surface area (Å²) in [4.78, 5) is 10.3. The summed E-state index contributed by atoms with van der Waals surface area (Å²) in [5.41, 5.74) is 1.16. The van der Waals surface area contributed by atoms with Crippen molar-refractivity contribution in [1.29, 1.82) is 0 Å². The molecule has 4 heteroatoms. The van der Waals surface area contributed by atoms with Crippen molar-refractivity contribution < 1.29 is 4.92 Å². The number of rotatable bonds is 4. The third-order valence-corrected chi connectivity index (χ3v) is 3.32. The van der Waals surface area contributed by atoms with E-state index in [1.54, 1.807) is 12.1 Å². The molecule has 1 fully saturated rings. The predicted octanol–water partition coefficient (Wildman–Crippen LogP) is 3.02. The van der Waals surface area contributed by atoms with Gasteiger partial charge in [-0.05, 0) is 18.4 Å². The first-order valence-corrected chi connectivity index (χ1v) is 6.22. The van der Waals surface area contributed by atoms with Crippen molar-refractivity contribution in [3.05, 3.63) is 39.9 Å². The average molecular weight is 234 g/mol. The van der Waals surface area contributed by atoms with E-state index in [0.717, 1.165) is 12.1 Å². The first-order valence-electron chi connectivity index (χ1n) is 6.22. The third kappa shape index (κ3) is 3.53. The molecular weight excluding hydrogens is 216 g/mol. The summed E-state index contributed by atoms with van der Waals surface area (Å²) in [5, 5.41) is 14.1. The normalized spacial score (nSPS) is 16.9. The number of nitro benzene ring substituents is 1. The lowest BCUT2D eigenvalue weighted by molar-refractivity contribution is -0.384. The van der Waals surface area contributed by atoms with Crippen LogP contribution in [0.15, 0.2) is 24.3 Å². The van der Waals surface area contributed by atoms with Gasteiger partial charge in [-0.2, -0.15) is 0 Å². The zero-order chi connectivity index (χ0) is 12.1. The van der Waals surface area contributed by atoms with Gasteiger partial charge in [-0.1, -0.05) is 31.4 Å². The Morgan fingerprint density at radius 1 is 1.29 bits per heavy atom. The quantitative estimate of drug-likeness (QED) is 0.643. The number of non-ortho nitro benzene ring substituents is 1. The Balaban J connectivity index is 1.89. The Hall–Kier alpha value is -1.42. The lowest BCUT2D eigenvalue weighted by Gasteiger charge is -2.22. The molecule has 92 valence electrons. The van der Waals surface area contributed by atoms with Gasteiger partial charge in [-0.3, -0.25) is 10.1 Å². The molecule has 0 unspecified atom stereocenters. The minimum atomic E-state index is -0.343. The highest BCUT2D eigenvalue weighted by Gasteiger charge is 2.13. The zero-order valence-corrected chi connectivity index (χ0v) is 9.89. The van der Waals surface area contributed by atoms with Gasteiger partial charge in [0.15, 0.2) is 0 Å².